The van der Waals surface area contributed by atoms with Crippen molar-refractivity contribution in [1.29, 1.82) is 0 Å². The molecule has 30 heavy (non-hydrogen) atoms. The summed E-state index contributed by atoms with van der Waals surface area (Å²) in [5, 5.41) is 3.88. The Balaban J connectivity index is 1.36. The van der Waals surface area contributed by atoms with Crippen molar-refractivity contribution in [2.75, 3.05) is 29.9 Å². The second kappa shape index (κ2) is 8.79. The van der Waals surface area contributed by atoms with E-state index in [1.165, 1.54) is 23.7 Å². The number of carbonyl (C=O) groups is 1. The second-order valence-corrected chi connectivity index (χ2v) is 8.26. The summed E-state index contributed by atoms with van der Waals surface area (Å²) in [4.78, 5) is 21.4. The molecule has 0 radical (unpaired) electrons. The maximum Gasteiger partial charge on any atom is 0.322 e. The van der Waals surface area contributed by atoms with Gasteiger partial charge in [-0.3, -0.25) is 0 Å². The molecule has 6 nitrogen and oxygen atoms in total. The molecule has 156 valence electrons. The van der Waals surface area contributed by atoms with Crippen molar-refractivity contribution in [3.8, 4) is 0 Å². The molecular weight excluding hydrogens is 401 g/mol. The Kier molecular flexibility index (Phi) is 5.94. The number of carbonyl (C=O) groups excluding carboxylic acids is 1. The highest BCUT2D eigenvalue weighted by atomic mass is 32.1. The normalized spacial score (nSPS) is 16.6. The van der Waals surface area contributed by atoms with Gasteiger partial charge >= 0.3 is 6.03 Å². The third-order valence-corrected chi connectivity index (χ3v) is 6.09. The third kappa shape index (κ3) is 4.59. The van der Waals surface area contributed by atoms with Crippen LogP contribution >= 0.6 is 11.5 Å². The minimum Gasteiger partial charge on any atom is -0.343 e. The van der Waals surface area contributed by atoms with E-state index in [9.17, 15) is 9.18 Å². The quantitative estimate of drug-likeness (QED) is 0.676. The molecule has 2 heterocycles. The number of nitrogens with zero attached hydrogens (tertiary/aromatic N) is 4. The first-order chi connectivity index (χ1) is 14.5. The minimum absolute atomic E-state index is 0.0483. The highest BCUT2D eigenvalue weighted by Crippen LogP contribution is 2.23. The number of aromatic nitrogens is 2. The summed E-state index contributed by atoms with van der Waals surface area (Å²) in [5.41, 5.74) is 2.86. The van der Waals surface area contributed by atoms with Gasteiger partial charge in [0.2, 0.25) is 5.13 Å². The zero-order valence-electron chi connectivity index (χ0n) is 17.0. The number of para-hydroxylation sites is 1. The van der Waals surface area contributed by atoms with E-state index >= 15 is 0 Å². The van der Waals surface area contributed by atoms with E-state index < -0.39 is 0 Å². The van der Waals surface area contributed by atoms with E-state index in [1.807, 2.05) is 43.0 Å². The highest BCUT2D eigenvalue weighted by molar-refractivity contribution is 7.09. The van der Waals surface area contributed by atoms with Crippen LogP contribution < -0.4 is 10.2 Å². The van der Waals surface area contributed by atoms with Crippen molar-refractivity contribution in [1.82, 2.24) is 14.3 Å². The Morgan fingerprint density at radius 1 is 1.20 bits per heavy atom. The van der Waals surface area contributed by atoms with E-state index in [0.29, 0.717) is 26.1 Å². The summed E-state index contributed by atoms with van der Waals surface area (Å²) in [7, 11) is 0. The maximum atomic E-state index is 13.1. The Hall–Kier alpha value is -3.00. The summed E-state index contributed by atoms with van der Waals surface area (Å²) >= 11 is 1.37. The Morgan fingerprint density at radius 3 is 2.70 bits per heavy atom. The molecule has 0 aliphatic carbocycles. The van der Waals surface area contributed by atoms with E-state index in [2.05, 4.69) is 19.6 Å². The average Bonchev–Trinajstić information content (AvgIpc) is 3.20. The summed E-state index contributed by atoms with van der Waals surface area (Å²) < 4.78 is 17.5. The third-order valence-electron chi connectivity index (χ3n) is 5.28. The molecule has 8 heteroatoms. The predicted octanol–water partition coefficient (Wildman–Crippen LogP) is 4.32. The van der Waals surface area contributed by atoms with Gasteiger partial charge in [0, 0.05) is 49.3 Å². The molecule has 1 unspecified atom stereocenters. The number of nitrogens with one attached hydrogen (secondary N) is 1. The van der Waals surface area contributed by atoms with Crippen LogP contribution in [0.4, 0.5) is 20.0 Å². The molecule has 1 aliphatic heterocycles. The van der Waals surface area contributed by atoms with Gasteiger partial charge in [0.05, 0.1) is 0 Å². The number of hydrogen-bond acceptors (Lipinski definition) is 5. The van der Waals surface area contributed by atoms with Crippen LogP contribution in [0.1, 0.15) is 23.9 Å². The zero-order valence-corrected chi connectivity index (χ0v) is 17.8. The van der Waals surface area contributed by atoms with Crippen molar-refractivity contribution in [3.63, 3.8) is 0 Å². The predicted molar refractivity (Wildman–Crippen MR) is 118 cm³/mol. The molecule has 3 aromatic rings. The van der Waals surface area contributed by atoms with Crippen molar-refractivity contribution in [2.24, 2.45) is 0 Å². The number of amides is 2. The first-order valence-corrected chi connectivity index (χ1v) is 10.7. The second-order valence-electron chi connectivity index (χ2n) is 7.53. The van der Waals surface area contributed by atoms with Crippen LogP contribution in [0.25, 0.3) is 0 Å². The first kappa shape index (κ1) is 20.3. The van der Waals surface area contributed by atoms with Gasteiger partial charge in [-0.05, 0) is 43.2 Å². The molecule has 1 atom stereocenters. The van der Waals surface area contributed by atoms with Crippen molar-refractivity contribution >= 4 is 28.4 Å². The number of urea groups is 1. The number of halogens is 1. The minimum atomic E-state index is -0.246. The molecule has 1 aromatic heterocycles. The van der Waals surface area contributed by atoms with Gasteiger partial charge in [-0.25, -0.2) is 14.2 Å². The monoisotopic (exact) mass is 425 g/mol. The van der Waals surface area contributed by atoms with Gasteiger partial charge in [-0.15, -0.1) is 0 Å². The van der Waals surface area contributed by atoms with Crippen LogP contribution in [0.3, 0.4) is 0 Å². The van der Waals surface area contributed by atoms with Gasteiger partial charge in [0.25, 0.3) is 0 Å². The molecular formula is C22H24FN5OS. The van der Waals surface area contributed by atoms with E-state index in [4.69, 9.17) is 0 Å². The standard InChI is InChI=1S/C22H24FN5OS/c1-15-5-3-4-6-19(15)24-21(29)28-12-11-27(14-16(28)2)22-25-20(26-30-22)13-17-7-9-18(23)10-8-17/h3-10,16H,11-14H2,1-2H3,(H,24,29). The molecule has 2 amide bonds. The number of piperazine rings is 1. The number of rotatable bonds is 4. The molecule has 2 aromatic carbocycles. The number of anilines is 2. The fourth-order valence-corrected chi connectivity index (χ4v) is 4.28. The summed E-state index contributed by atoms with van der Waals surface area (Å²) in [5.74, 6) is 0.484. The van der Waals surface area contributed by atoms with Crippen molar-refractivity contribution in [2.45, 2.75) is 26.3 Å². The van der Waals surface area contributed by atoms with E-state index in [1.54, 1.807) is 12.1 Å². The number of hydrogen-bond donors (Lipinski definition) is 1. The molecule has 1 saturated heterocycles. The van der Waals surface area contributed by atoms with Crippen molar-refractivity contribution < 1.29 is 9.18 Å². The summed E-state index contributed by atoms with van der Waals surface area (Å²) in [6, 6.07) is 14.2. The molecule has 1 fully saturated rings. The maximum absolute atomic E-state index is 13.1. The lowest BCUT2D eigenvalue weighted by Crippen LogP contribution is -2.55. The number of benzene rings is 2. The highest BCUT2D eigenvalue weighted by Gasteiger charge is 2.29. The first-order valence-electron chi connectivity index (χ1n) is 9.95. The Bertz CT molecular complexity index is 1020. The van der Waals surface area contributed by atoms with Gasteiger partial charge in [-0.1, -0.05) is 30.3 Å². The van der Waals surface area contributed by atoms with Crippen LogP contribution in [0.15, 0.2) is 48.5 Å². The van der Waals surface area contributed by atoms with Crippen LogP contribution in [0.2, 0.25) is 0 Å². The van der Waals surface area contributed by atoms with Crippen LogP contribution in [-0.4, -0.2) is 46.0 Å². The van der Waals surface area contributed by atoms with E-state index in [-0.39, 0.29) is 17.9 Å². The lowest BCUT2D eigenvalue weighted by molar-refractivity contribution is 0.185. The van der Waals surface area contributed by atoms with Gasteiger partial charge in [-0.2, -0.15) is 4.37 Å². The fourth-order valence-electron chi connectivity index (χ4n) is 3.56. The van der Waals surface area contributed by atoms with Crippen molar-refractivity contribution in [3.05, 3.63) is 71.3 Å². The largest absolute Gasteiger partial charge is 0.343 e. The Labute approximate surface area is 179 Å². The fraction of sp³-hybridized carbons (Fsp3) is 0.318. The van der Waals surface area contributed by atoms with Gasteiger partial charge in [0.15, 0.2) is 0 Å². The molecule has 4 rings (SSSR count). The summed E-state index contributed by atoms with van der Waals surface area (Å²) in [6.07, 6.45) is 0.575. The van der Waals surface area contributed by atoms with Crippen LogP contribution in [-0.2, 0) is 6.42 Å². The Morgan fingerprint density at radius 2 is 1.97 bits per heavy atom. The van der Waals surface area contributed by atoms with Crippen LogP contribution in [0, 0.1) is 12.7 Å². The summed E-state index contributed by atoms with van der Waals surface area (Å²) in [6.45, 7) is 6.05. The van der Waals surface area contributed by atoms with E-state index in [0.717, 1.165) is 27.8 Å². The SMILES string of the molecule is Cc1ccccc1NC(=O)N1CCN(c2nc(Cc3ccc(F)cc3)ns2)CC1C. The molecule has 1 N–H and O–H groups in total. The molecule has 0 bridgehead atoms. The lowest BCUT2D eigenvalue weighted by Gasteiger charge is -2.39. The molecule has 0 spiro atoms. The van der Waals surface area contributed by atoms with Crippen LogP contribution in [0.5, 0.6) is 0 Å². The molecule has 0 saturated carbocycles. The smallest absolute Gasteiger partial charge is 0.322 e. The topological polar surface area (TPSA) is 61.4 Å². The van der Waals surface area contributed by atoms with Gasteiger partial charge in [0.1, 0.15) is 11.6 Å². The average molecular weight is 426 g/mol. The van der Waals surface area contributed by atoms with Gasteiger partial charge < -0.3 is 15.1 Å². The molecule has 1 aliphatic rings. The zero-order chi connectivity index (χ0) is 21.1. The lowest BCUT2D eigenvalue weighted by atomic mass is 10.1. The number of aryl methyl sites for hydroxylation is 1.